The minimum atomic E-state index is 0.325. The van der Waals surface area contributed by atoms with E-state index in [0.29, 0.717) is 10.7 Å². The molecule has 0 atom stereocenters. The highest BCUT2D eigenvalue weighted by Crippen LogP contribution is 2.40. The third-order valence-corrected chi connectivity index (χ3v) is 4.85. The standard InChI is InChI=1S/C13H16ClN3S/c1-8-6-9-10(15-7-13(2)4-3-5-13)16-12(14)17-11(9)18-8/h6H,3-5,7H2,1-2H3,(H,15,16,17). The summed E-state index contributed by atoms with van der Waals surface area (Å²) in [6.07, 6.45) is 3.94. The van der Waals surface area contributed by atoms with Crippen molar-refractivity contribution in [2.45, 2.75) is 33.1 Å². The second kappa shape index (κ2) is 4.35. The van der Waals surface area contributed by atoms with Gasteiger partial charge in [0.1, 0.15) is 10.6 Å². The van der Waals surface area contributed by atoms with Crippen molar-refractivity contribution < 1.29 is 0 Å². The van der Waals surface area contributed by atoms with E-state index in [1.165, 1.54) is 24.1 Å². The van der Waals surface area contributed by atoms with Crippen molar-refractivity contribution in [3.63, 3.8) is 0 Å². The second-order valence-corrected chi connectivity index (χ2v) is 7.01. The van der Waals surface area contributed by atoms with E-state index >= 15 is 0 Å². The summed E-state index contributed by atoms with van der Waals surface area (Å²) in [6.45, 7) is 5.37. The largest absolute Gasteiger partial charge is 0.369 e. The van der Waals surface area contributed by atoms with Crippen LogP contribution in [0, 0.1) is 12.3 Å². The Labute approximate surface area is 116 Å². The van der Waals surface area contributed by atoms with Gasteiger partial charge in [0, 0.05) is 11.4 Å². The molecule has 1 aliphatic carbocycles. The summed E-state index contributed by atoms with van der Waals surface area (Å²) in [5.74, 6) is 0.877. The zero-order chi connectivity index (χ0) is 12.8. The third kappa shape index (κ3) is 2.19. The molecule has 0 amide bonds. The van der Waals surface area contributed by atoms with Gasteiger partial charge in [0.25, 0.3) is 0 Å². The van der Waals surface area contributed by atoms with Crippen molar-refractivity contribution >= 4 is 39.0 Å². The molecule has 0 unspecified atom stereocenters. The Bertz CT molecular complexity index is 589. The highest BCUT2D eigenvalue weighted by molar-refractivity contribution is 7.18. The molecule has 2 aromatic heterocycles. The summed E-state index contributed by atoms with van der Waals surface area (Å²) in [4.78, 5) is 10.8. The first-order valence-electron chi connectivity index (χ1n) is 6.23. The Kier molecular flexibility index (Phi) is 2.94. The van der Waals surface area contributed by atoms with Crippen molar-refractivity contribution in [2.75, 3.05) is 11.9 Å². The number of anilines is 1. The van der Waals surface area contributed by atoms with E-state index < -0.39 is 0 Å². The number of halogens is 1. The SMILES string of the molecule is Cc1cc2c(NCC3(C)CCC3)nc(Cl)nc2s1. The first-order valence-corrected chi connectivity index (χ1v) is 7.43. The second-order valence-electron chi connectivity index (χ2n) is 5.43. The fraction of sp³-hybridized carbons (Fsp3) is 0.538. The average Bonchev–Trinajstić information content (AvgIpc) is 2.63. The zero-order valence-electron chi connectivity index (χ0n) is 10.6. The lowest BCUT2D eigenvalue weighted by Gasteiger charge is -2.38. The monoisotopic (exact) mass is 281 g/mol. The summed E-state index contributed by atoms with van der Waals surface area (Å²) in [5.41, 5.74) is 0.425. The van der Waals surface area contributed by atoms with Crippen LogP contribution in [-0.2, 0) is 0 Å². The maximum Gasteiger partial charge on any atom is 0.225 e. The molecule has 1 aliphatic rings. The molecule has 0 spiro atoms. The van der Waals surface area contributed by atoms with Crippen LogP contribution in [0.1, 0.15) is 31.1 Å². The molecule has 2 aromatic rings. The first kappa shape index (κ1) is 12.2. The van der Waals surface area contributed by atoms with Crippen LogP contribution in [0.25, 0.3) is 10.2 Å². The number of nitrogens with zero attached hydrogens (tertiary/aromatic N) is 2. The summed E-state index contributed by atoms with van der Waals surface area (Å²) >= 11 is 7.63. The molecule has 0 aromatic carbocycles. The number of hydrogen-bond donors (Lipinski definition) is 1. The predicted molar refractivity (Wildman–Crippen MR) is 77.6 cm³/mol. The lowest BCUT2D eigenvalue weighted by molar-refractivity contribution is 0.180. The van der Waals surface area contributed by atoms with Crippen molar-refractivity contribution in [1.29, 1.82) is 0 Å². The number of aryl methyl sites for hydroxylation is 1. The quantitative estimate of drug-likeness (QED) is 0.855. The molecule has 5 heteroatoms. The molecule has 18 heavy (non-hydrogen) atoms. The van der Waals surface area contributed by atoms with Crippen LogP contribution in [0.15, 0.2) is 6.07 Å². The molecular formula is C13H16ClN3S. The van der Waals surface area contributed by atoms with E-state index in [1.54, 1.807) is 11.3 Å². The minimum absolute atomic E-state index is 0.325. The van der Waals surface area contributed by atoms with Gasteiger partial charge in [0.15, 0.2) is 0 Å². The predicted octanol–water partition coefficient (Wildman–Crippen LogP) is 4.26. The maximum absolute atomic E-state index is 5.98. The minimum Gasteiger partial charge on any atom is -0.369 e. The third-order valence-electron chi connectivity index (χ3n) is 3.73. The molecule has 1 fully saturated rings. The molecule has 1 saturated carbocycles. The Morgan fingerprint density at radius 1 is 1.44 bits per heavy atom. The lowest BCUT2D eigenvalue weighted by Crippen LogP contribution is -2.33. The van der Waals surface area contributed by atoms with Gasteiger partial charge in [-0.05, 0) is 42.8 Å². The van der Waals surface area contributed by atoms with E-state index in [9.17, 15) is 0 Å². The number of nitrogens with one attached hydrogen (secondary N) is 1. The molecule has 0 saturated heterocycles. The Balaban J connectivity index is 1.90. The van der Waals surface area contributed by atoms with Gasteiger partial charge in [0.2, 0.25) is 5.28 Å². The van der Waals surface area contributed by atoms with Gasteiger partial charge in [-0.3, -0.25) is 0 Å². The molecule has 3 rings (SSSR count). The van der Waals surface area contributed by atoms with Gasteiger partial charge in [-0.15, -0.1) is 11.3 Å². The molecular weight excluding hydrogens is 266 g/mol. The van der Waals surface area contributed by atoms with Crippen molar-refractivity contribution in [3.05, 3.63) is 16.2 Å². The lowest BCUT2D eigenvalue weighted by atomic mass is 9.70. The summed E-state index contributed by atoms with van der Waals surface area (Å²) in [7, 11) is 0. The maximum atomic E-state index is 5.98. The number of hydrogen-bond acceptors (Lipinski definition) is 4. The highest BCUT2D eigenvalue weighted by Gasteiger charge is 2.31. The van der Waals surface area contributed by atoms with E-state index in [2.05, 4.69) is 35.2 Å². The normalized spacial score (nSPS) is 17.7. The first-order chi connectivity index (χ1) is 8.56. The summed E-state index contributed by atoms with van der Waals surface area (Å²) in [6, 6.07) is 2.13. The van der Waals surface area contributed by atoms with Crippen LogP contribution in [0.3, 0.4) is 0 Å². The van der Waals surface area contributed by atoms with Crippen LogP contribution in [0.5, 0.6) is 0 Å². The highest BCUT2D eigenvalue weighted by atomic mass is 35.5. The van der Waals surface area contributed by atoms with E-state index in [0.717, 1.165) is 22.6 Å². The number of rotatable bonds is 3. The van der Waals surface area contributed by atoms with Gasteiger partial charge in [-0.2, -0.15) is 0 Å². The van der Waals surface area contributed by atoms with Crippen LogP contribution >= 0.6 is 22.9 Å². The molecule has 1 N–H and O–H groups in total. The van der Waals surface area contributed by atoms with E-state index in [-0.39, 0.29) is 0 Å². The fourth-order valence-electron chi connectivity index (χ4n) is 2.40. The topological polar surface area (TPSA) is 37.8 Å². The molecule has 2 heterocycles. The molecule has 3 nitrogen and oxygen atoms in total. The Morgan fingerprint density at radius 3 is 2.89 bits per heavy atom. The van der Waals surface area contributed by atoms with Crippen LogP contribution in [-0.4, -0.2) is 16.5 Å². The van der Waals surface area contributed by atoms with Gasteiger partial charge >= 0.3 is 0 Å². The number of aromatic nitrogens is 2. The number of thiophene rings is 1. The van der Waals surface area contributed by atoms with Gasteiger partial charge in [0.05, 0.1) is 5.39 Å². The zero-order valence-corrected chi connectivity index (χ0v) is 12.2. The van der Waals surface area contributed by atoms with Crippen molar-refractivity contribution in [2.24, 2.45) is 5.41 Å². The Morgan fingerprint density at radius 2 is 2.22 bits per heavy atom. The smallest absolute Gasteiger partial charge is 0.225 e. The number of fused-ring (bicyclic) bond motifs is 1. The van der Waals surface area contributed by atoms with E-state index in [1.807, 2.05) is 0 Å². The summed E-state index contributed by atoms with van der Waals surface area (Å²) in [5, 5.41) is 4.87. The molecule has 96 valence electrons. The van der Waals surface area contributed by atoms with Gasteiger partial charge in [-0.1, -0.05) is 13.3 Å². The van der Waals surface area contributed by atoms with Crippen LogP contribution in [0.2, 0.25) is 5.28 Å². The van der Waals surface area contributed by atoms with Crippen molar-refractivity contribution in [3.8, 4) is 0 Å². The van der Waals surface area contributed by atoms with E-state index in [4.69, 9.17) is 11.6 Å². The van der Waals surface area contributed by atoms with Crippen molar-refractivity contribution in [1.82, 2.24) is 9.97 Å². The molecule has 0 bridgehead atoms. The van der Waals surface area contributed by atoms with Crippen LogP contribution in [0.4, 0.5) is 5.82 Å². The summed E-state index contributed by atoms with van der Waals surface area (Å²) < 4.78 is 0. The molecule has 0 aliphatic heterocycles. The average molecular weight is 282 g/mol. The van der Waals surface area contributed by atoms with Crippen LogP contribution < -0.4 is 5.32 Å². The van der Waals surface area contributed by atoms with Gasteiger partial charge in [-0.25, -0.2) is 9.97 Å². The molecule has 0 radical (unpaired) electrons. The van der Waals surface area contributed by atoms with Gasteiger partial charge < -0.3 is 5.32 Å². The fourth-order valence-corrected chi connectivity index (χ4v) is 3.50. The Hall–Kier alpha value is -0.870.